The average Bonchev–Trinajstić information content (AvgIpc) is 3.03. The lowest BCUT2D eigenvalue weighted by Crippen LogP contribution is -2.41. The number of thiophene rings is 1. The Kier molecular flexibility index (Phi) is 5.71. The van der Waals surface area contributed by atoms with E-state index in [1.165, 1.54) is 22.2 Å². The summed E-state index contributed by atoms with van der Waals surface area (Å²) in [5.41, 5.74) is 1.43. The lowest BCUT2D eigenvalue weighted by atomic mass is 9.89. The third-order valence-electron chi connectivity index (χ3n) is 5.35. The van der Waals surface area contributed by atoms with Gasteiger partial charge in [0.2, 0.25) is 5.91 Å². The monoisotopic (exact) mass is 405 g/mol. The molecule has 0 aromatic carbocycles. The minimum absolute atomic E-state index is 0.180. The fraction of sp³-hybridized carbons (Fsp3) is 0.650. The summed E-state index contributed by atoms with van der Waals surface area (Å²) < 4.78 is 5.35. The van der Waals surface area contributed by atoms with Gasteiger partial charge in [-0.3, -0.25) is 4.79 Å². The van der Waals surface area contributed by atoms with E-state index in [2.05, 4.69) is 20.8 Å². The van der Waals surface area contributed by atoms with Gasteiger partial charge < -0.3 is 9.64 Å². The summed E-state index contributed by atoms with van der Waals surface area (Å²) in [6, 6.07) is 0. The Morgan fingerprint density at radius 3 is 2.85 bits per heavy atom. The standard InChI is InChI=1S/C20H27N3O2S2/c1-12(2)18-21-19(26-11-16(24)23-6-8-25-9-7-23)17-14-5-4-13(3)10-15(14)27-20(17)22-18/h12-13H,4-11H2,1-3H3. The van der Waals surface area contributed by atoms with Crippen LogP contribution >= 0.6 is 23.1 Å². The van der Waals surface area contributed by atoms with Crippen LogP contribution < -0.4 is 0 Å². The second-order valence-corrected chi connectivity index (χ2v) is 9.90. The lowest BCUT2D eigenvalue weighted by Gasteiger charge is -2.26. The zero-order chi connectivity index (χ0) is 19.0. The normalized spacial score (nSPS) is 20.3. The van der Waals surface area contributed by atoms with Crippen LogP contribution in [-0.4, -0.2) is 52.8 Å². The average molecular weight is 406 g/mol. The molecule has 1 aliphatic carbocycles. The van der Waals surface area contributed by atoms with Crippen LogP contribution in [0, 0.1) is 5.92 Å². The van der Waals surface area contributed by atoms with Gasteiger partial charge in [-0.2, -0.15) is 0 Å². The van der Waals surface area contributed by atoms with Crippen LogP contribution in [0.4, 0.5) is 0 Å². The van der Waals surface area contributed by atoms with Gasteiger partial charge in [0.05, 0.1) is 19.0 Å². The van der Waals surface area contributed by atoms with E-state index >= 15 is 0 Å². The SMILES string of the molecule is CC1CCc2c(sc3nc(C(C)C)nc(SCC(=O)N4CCOCC4)c23)C1. The van der Waals surface area contributed by atoms with Gasteiger partial charge in [0.25, 0.3) is 0 Å². The van der Waals surface area contributed by atoms with Crippen molar-refractivity contribution in [3.05, 3.63) is 16.3 Å². The maximum absolute atomic E-state index is 12.6. The van der Waals surface area contributed by atoms with Gasteiger partial charge in [-0.05, 0) is 30.7 Å². The summed E-state index contributed by atoms with van der Waals surface area (Å²) in [7, 11) is 0. The molecule has 0 radical (unpaired) electrons. The highest BCUT2D eigenvalue weighted by atomic mass is 32.2. The first kappa shape index (κ1) is 19.2. The molecule has 0 saturated carbocycles. The van der Waals surface area contributed by atoms with Gasteiger partial charge in [0.1, 0.15) is 15.7 Å². The minimum Gasteiger partial charge on any atom is -0.378 e. The molecule has 2 aromatic heterocycles. The molecule has 0 N–H and O–H groups in total. The second kappa shape index (κ2) is 8.05. The van der Waals surface area contributed by atoms with Gasteiger partial charge >= 0.3 is 0 Å². The third kappa shape index (κ3) is 4.00. The molecule has 4 rings (SSSR count). The van der Waals surface area contributed by atoms with Crippen molar-refractivity contribution in [3.63, 3.8) is 0 Å². The number of carbonyl (C=O) groups excluding carboxylic acids is 1. The molecule has 2 aromatic rings. The first-order chi connectivity index (χ1) is 13.0. The molecule has 146 valence electrons. The Hall–Kier alpha value is -1.18. The number of thioether (sulfide) groups is 1. The van der Waals surface area contributed by atoms with E-state index < -0.39 is 0 Å². The molecule has 7 heteroatoms. The van der Waals surface area contributed by atoms with Gasteiger partial charge in [0.15, 0.2) is 0 Å². The number of aryl methyl sites for hydroxylation is 1. The van der Waals surface area contributed by atoms with Crippen molar-refractivity contribution >= 4 is 39.2 Å². The topological polar surface area (TPSA) is 55.3 Å². The number of hydrogen-bond acceptors (Lipinski definition) is 6. The van der Waals surface area contributed by atoms with E-state index in [0.717, 1.165) is 34.4 Å². The van der Waals surface area contributed by atoms with Crippen LogP contribution in [-0.2, 0) is 22.4 Å². The maximum atomic E-state index is 12.6. The molecule has 27 heavy (non-hydrogen) atoms. The molecule has 1 saturated heterocycles. The molecule has 2 aliphatic rings. The highest BCUT2D eigenvalue weighted by Gasteiger charge is 2.25. The molecular weight excluding hydrogens is 378 g/mol. The van der Waals surface area contributed by atoms with Crippen LogP contribution in [0.25, 0.3) is 10.2 Å². The Bertz CT molecular complexity index is 843. The van der Waals surface area contributed by atoms with Gasteiger partial charge in [-0.1, -0.05) is 32.5 Å². The van der Waals surface area contributed by atoms with Crippen molar-refractivity contribution in [2.45, 2.75) is 51.0 Å². The van der Waals surface area contributed by atoms with E-state index in [0.29, 0.717) is 32.1 Å². The van der Waals surface area contributed by atoms with Crippen molar-refractivity contribution in [3.8, 4) is 0 Å². The molecule has 1 unspecified atom stereocenters. The summed E-state index contributed by atoms with van der Waals surface area (Å²) in [4.78, 5) is 26.8. The minimum atomic E-state index is 0.180. The van der Waals surface area contributed by atoms with Crippen LogP contribution in [0.2, 0.25) is 0 Å². The number of fused-ring (bicyclic) bond motifs is 3. The molecule has 0 bridgehead atoms. The number of carbonyl (C=O) groups is 1. The third-order valence-corrected chi connectivity index (χ3v) is 7.46. The Morgan fingerprint density at radius 2 is 2.11 bits per heavy atom. The van der Waals surface area contributed by atoms with Crippen molar-refractivity contribution in [1.82, 2.24) is 14.9 Å². The van der Waals surface area contributed by atoms with Gasteiger partial charge in [-0.15, -0.1) is 11.3 Å². The predicted octanol–water partition coefficient (Wildman–Crippen LogP) is 3.89. The first-order valence-electron chi connectivity index (χ1n) is 9.83. The number of amides is 1. The lowest BCUT2D eigenvalue weighted by molar-refractivity contribution is -0.132. The Balaban J connectivity index is 1.64. The first-order valence-corrected chi connectivity index (χ1v) is 11.6. The molecule has 1 aliphatic heterocycles. The van der Waals surface area contributed by atoms with Crippen LogP contribution in [0.3, 0.4) is 0 Å². The van der Waals surface area contributed by atoms with Gasteiger partial charge in [-0.25, -0.2) is 9.97 Å². The second-order valence-electron chi connectivity index (χ2n) is 7.86. The quantitative estimate of drug-likeness (QED) is 0.571. The van der Waals surface area contributed by atoms with E-state index in [1.807, 2.05) is 16.2 Å². The smallest absolute Gasteiger partial charge is 0.233 e. The predicted molar refractivity (Wildman–Crippen MR) is 111 cm³/mol. The number of ether oxygens (including phenoxy) is 1. The number of hydrogen-bond donors (Lipinski definition) is 0. The Labute approximate surface area is 168 Å². The largest absolute Gasteiger partial charge is 0.378 e. The summed E-state index contributed by atoms with van der Waals surface area (Å²) >= 11 is 3.42. The van der Waals surface area contributed by atoms with Crippen molar-refractivity contribution in [2.24, 2.45) is 5.92 Å². The molecule has 1 atom stereocenters. The van der Waals surface area contributed by atoms with E-state index in [1.54, 1.807) is 11.8 Å². The highest BCUT2D eigenvalue weighted by molar-refractivity contribution is 8.00. The van der Waals surface area contributed by atoms with Crippen molar-refractivity contribution in [2.75, 3.05) is 32.1 Å². The summed E-state index contributed by atoms with van der Waals surface area (Å²) in [6.45, 7) is 9.26. The summed E-state index contributed by atoms with van der Waals surface area (Å²) in [6.07, 6.45) is 3.47. The molecule has 1 fully saturated rings. The fourth-order valence-electron chi connectivity index (χ4n) is 3.72. The van der Waals surface area contributed by atoms with Crippen LogP contribution in [0.1, 0.15) is 49.4 Å². The molecule has 5 nitrogen and oxygen atoms in total. The van der Waals surface area contributed by atoms with Crippen LogP contribution in [0.15, 0.2) is 5.03 Å². The zero-order valence-corrected chi connectivity index (χ0v) is 17.9. The van der Waals surface area contributed by atoms with E-state index in [-0.39, 0.29) is 11.8 Å². The fourth-order valence-corrected chi connectivity index (χ4v) is 6.14. The van der Waals surface area contributed by atoms with Gasteiger partial charge in [0, 0.05) is 29.3 Å². The molecular formula is C20H27N3O2S2. The van der Waals surface area contributed by atoms with Crippen molar-refractivity contribution in [1.29, 1.82) is 0 Å². The summed E-state index contributed by atoms with van der Waals surface area (Å²) in [5.74, 6) is 2.52. The molecule has 1 amide bonds. The van der Waals surface area contributed by atoms with Crippen LogP contribution in [0.5, 0.6) is 0 Å². The number of nitrogens with zero attached hydrogens (tertiary/aromatic N) is 3. The maximum Gasteiger partial charge on any atom is 0.233 e. The molecule has 3 heterocycles. The van der Waals surface area contributed by atoms with E-state index in [4.69, 9.17) is 14.7 Å². The number of morpholine rings is 1. The van der Waals surface area contributed by atoms with Crippen molar-refractivity contribution < 1.29 is 9.53 Å². The highest BCUT2D eigenvalue weighted by Crippen LogP contribution is 2.41. The van der Waals surface area contributed by atoms with E-state index in [9.17, 15) is 4.79 Å². The number of aromatic nitrogens is 2. The molecule has 0 spiro atoms. The number of rotatable bonds is 4. The summed E-state index contributed by atoms with van der Waals surface area (Å²) in [5, 5.41) is 2.21. The zero-order valence-electron chi connectivity index (χ0n) is 16.3. The Morgan fingerprint density at radius 1 is 1.33 bits per heavy atom.